The SMILES string of the molecule is C[C@H]1CCC(c2ccccc2)S(=O)(=O)N1Cc1ccc(C(=O)Nc2ncnn2C)cc1. The van der Waals surface area contributed by atoms with Crippen molar-refractivity contribution in [3.63, 3.8) is 0 Å². The summed E-state index contributed by atoms with van der Waals surface area (Å²) in [6.45, 7) is 2.22. The second-order valence-corrected chi connectivity index (χ2v) is 9.84. The molecule has 0 spiro atoms. The van der Waals surface area contributed by atoms with Crippen LogP contribution in [-0.4, -0.2) is 39.4 Å². The molecule has 8 nitrogen and oxygen atoms in total. The van der Waals surface area contributed by atoms with E-state index in [-0.39, 0.29) is 18.5 Å². The van der Waals surface area contributed by atoms with Gasteiger partial charge in [-0.3, -0.25) is 10.1 Å². The van der Waals surface area contributed by atoms with Crippen molar-refractivity contribution in [1.29, 1.82) is 0 Å². The summed E-state index contributed by atoms with van der Waals surface area (Å²) in [6, 6.07) is 16.3. The van der Waals surface area contributed by atoms with Crippen LogP contribution >= 0.6 is 0 Å². The van der Waals surface area contributed by atoms with Crippen LogP contribution in [0, 0.1) is 0 Å². The second-order valence-electron chi connectivity index (χ2n) is 7.77. The lowest BCUT2D eigenvalue weighted by molar-refractivity contribution is 0.102. The van der Waals surface area contributed by atoms with Crippen LogP contribution in [0.5, 0.6) is 0 Å². The topological polar surface area (TPSA) is 97.2 Å². The normalized spacial score (nSPS) is 21.0. The molecule has 1 N–H and O–H groups in total. The van der Waals surface area contributed by atoms with Crippen molar-refractivity contribution >= 4 is 21.9 Å². The number of sulfonamides is 1. The third-order valence-corrected chi connectivity index (χ3v) is 8.06. The van der Waals surface area contributed by atoms with E-state index < -0.39 is 15.3 Å². The molecule has 3 aromatic rings. The number of benzene rings is 2. The van der Waals surface area contributed by atoms with Gasteiger partial charge >= 0.3 is 0 Å². The smallest absolute Gasteiger partial charge is 0.258 e. The minimum absolute atomic E-state index is 0.0798. The third-order valence-electron chi connectivity index (χ3n) is 5.69. The number of aromatic nitrogens is 3. The molecule has 1 aliphatic rings. The molecule has 9 heteroatoms. The van der Waals surface area contributed by atoms with Crippen molar-refractivity contribution in [2.45, 2.75) is 37.6 Å². The Morgan fingerprint density at radius 2 is 1.81 bits per heavy atom. The molecule has 2 heterocycles. The van der Waals surface area contributed by atoms with Crippen LogP contribution in [0.3, 0.4) is 0 Å². The zero-order chi connectivity index (χ0) is 22.0. The minimum atomic E-state index is -3.49. The van der Waals surface area contributed by atoms with Gasteiger partial charge in [-0.2, -0.15) is 14.4 Å². The van der Waals surface area contributed by atoms with Crippen LogP contribution in [-0.2, 0) is 23.6 Å². The summed E-state index contributed by atoms with van der Waals surface area (Å²) in [7, 11) is -1.81. The molecule has 2 atom stereocenters. The van der Waals surface area contributed by atoms with E-state index >= 15 is 0 Å². The highest BCUT2D eigenvalue weighted by Crippen LogP contribution is 2.38. The van der Waals surface area contributed by atoms with Gasteiger partial charge in [0.15, 0.2) is 0 Å². The van der Waals surface area contributed by atoms with E-state index in [0.717, 1.165) is 17.5 Å². The first-order valence-electron chi connectivity index (χ1n) is 10.2. The maximum atomic E-state index is 13.4. The van der Waals surface area contributed by atoms with E-state index in [9.17, 15) is 13.2 Å². The number of anilines is 1. The second kappa shape index (κ2) is 8.60. The molecule has 1 amide bonds. The quantitative estimate of drug-likeness (QED) is 0.659. The van der Waals surface area contributed by atoms with E-state index in [2.05, 4.69) is 15.4 Å². The van der Waals surface area contributed by atoms with E-state index in [1.165, 1.54) is 11.0 Å². The summed E-state index contributed by atoms with van der Waals surface area (Å²) in [5, 5.41) is 6.09. The Bertz CT molecular complexity index is 1160. The molecule has 1 saturated heterocycles. The molecular weight excluding hydrogens is 414 g/mol. The summed E-state index contributed by atoms with van der Waals surface area (Å²) >= 11 is 0. The zero-order valence-electron chi connectivity index (χ0n) is 17.5. The van der Waals surface area contributed by atoms with Crippen molar-refractivity contribution in [3.05, 3.63) is 77.6 Å². The lowest BCUT2D eigenvalue weighted by Crippen LogP contribution is -2.44. The Hall–Kier alpha value is -3.04. The molecule has 0 radical (unpaired) electrons. The molecular formula is C22H25N5O3S. The number of carbonyl (C=O) groups excluding carboxylic acids is 1. The monoisotopic (exact) mass is 439 g/mol. The van der Waals surface area contributed by atoms with Gasteiger partial charge in [-0.25, -0.2) is 13.1 Å². The van der Waals surface area contributed by atoms with Gasteiger partial charge in [0.1, 0.15) is 11.6 Å². The summed E-state index contributed by atoms with van der Waals surface area (Å²) < 4.78 is 29.8. The highest BCUT2D eigenvalue weighted by Gasteiger charge is 2.40. The van der Waals surface area contributed by atoms with Crippen LogP contribution in [0.25, 0.3) is 0 Å². The number of nitrogens with zero attached hydrogens (tertiary/aromatic N) is 4. The first-order chi connectivity index (χ1) is 14.9. The minimum Gasteiger partial charge on any atom is -0.291 e. The zero-order valence-corrected chi connectivity index (χ0v) is 18.3. The molecule has 4 rings (SSSR count). The van der Waals surface area contributed by atoms with Crippen molar-refractivity contribution in [3.8, 4) is 0 Å². The number of amides is 1. The van der Waals surface area contributed by atoms with Crippen molar-refractivity contribution in [1.82, 2.24) is 19.1 Å². The van der Waals surface area contributed by atoms with E-state index in [1.807, 2.05) is 37.3 Å². The van der Waals surface area contributed by atoms with Crippen molar-refractivity contribution < 1.29 is 13.2 Å². The summed E-state index contributed by atoms with van der Waals surface area (Å²) in [6.07, 6.45) is 2.78. The van der Waals surface area contributed by atoms with Gasteiger partial charge in [-0.15, -0.1) is 0 Å². The average Bonchev–Trinajstić information content (AvgIpc) is 3.16. The van der Waals surface area contributed by atoms with Gasteiger partial charge in [0.25, 0.3) is 5.91 Å². The lowest BCUT2D eigenvalue weighted by Gasteiger charge is -2.37. The molecule has 1 aromatic heterocycles. The Balaban J connectivity index is 1.50. The van der Waals surface area contributed by atoms with E-state index in [0.29, 0.717) is 17.9 Å². The van der Waals surface area contributed by atoms with Crippen molar-refractivity contribution in [2.24, 2.45) is 7.05 Å². The highest BCUT2D eigenvalue weighted by atomic mass is 32.2. The first kappa shape index (κ1) is 21.2. The molecule has 2 aromatic carbocycles. The molecule has 0 saturated carbocycles. The Morgan fingerprint density at radius 3 is 2.45 bits per heavy atom. The number of hydrogen-bond acceptors (Lipinski definition) is 5. The third kappa shape index (κ3) is 4.38. The van der Waals surface area contributed by atoms with Crippen LogP contribution in [0.4, 0.5) is 5.95 Å². The van der Waals surface area contributed by atoms with Crippen molar-refractivity contribution in [2.75, 3.05) is 5.32 Å². The Labute approximate surface area is 182 Å². The van der Waals surface area contributed by atoms with Crippen LogP contribution in [0.2, 0.25) is 0 Å². The molecule has 31 heavy (non-hydrogen) atoms. The molecule has 1 fully saturated rings. The Morgan fingerprint density at radius 1 is 1.10 bits per heavy atom. The summed E-state index contributed by atoms with van der Waals surface area (Å²) in [4.78, 5) is 16.4. The fraction of sp³-hybridized carbons (Fsp3) is 0.318. The van der Waals surface area contributed by atoms with E-state index in [1.54, 1.807) is 35.6 Å². The molecule has 1 aliphatic heterocycles. The number of hydrogen-bond donors (Lipinski definition) is 1. The van der Waals surface area contributed by atoms with Gasteiger partial charge in [0.05, 0.1) is 0 Å². The predicted molar refractivity (Wildman–Crippen MR) is 118 cm³/mol. The van der Waals surface area contributed by atoms with Gasteiger partial charge < -0.3 is 0 Å². The Kier molecular flexibility index (Phi) is 5.88. The van der Waals surface area contributed by atoms with Gasteiger partial charge in [-0.1, -0.05) is 42.5 Å². The fourth-order valence-corrected chi connectivity index (χ4v) is 6.07. The first-order valence-corrected chi connectivity index (χ1v) is 11.7. The maximum absolute atomic E-state index is 13.4. The predicted octanol–water partition coefficient (Wildman–Crippen LogP) is 3.12. The van der Waals surface area contributed by atoms with Gasteiger partial charge in [0.2, 0.25) is 16.0 Å². The molecule has 162 valence electrons. The summed E-state index contributed by atoms with van der Waals surface area (Å²) in [5.74, 6) is 0.0556. The van der Waals surface area contributed by atoms with Crippen LogP contribution < -0.4 is 5.32 Å². The van der Waals surface area contributed by atoms with Gasteiger partial charge in [0, 0.05) is 25.2 Å². The molecule has 1 unspecified atom stereocenters. The van der Waals surface area contributed by atoms with Crippen LogP contribution in [0.1, 0.15) is 46.5 Å². The maximum Gasteiger partial charge on any atom is 0.258 e. The fourth-order valence-electron chi connectivity index (χ4n) is 3.88. The standard InChI is InChI=1S/C22H25N5O3S/c1-16-8-13-20(18-6-4-3-5-7-18)31(29,30)27(16)14-17-9-11-19(12-10-17)21(28)25-22-23-15-24-26(22)2/h3-7,9-12,15-16,20H,8,13-14H2,1-2H3,(H,23,24,25,28)/t16-,20?/m0/s1. The highest BCUT2D eigenvalue weighted by molar-refractivity contribution is 7.89. The number of aryl methyl sites for hydroxylation is 1. The lowest BCUT2D eigenvalue weighted by atomic mass is 10.0. The van der Waals surface area contributed by atoms with Crippen LogP contribution in [0.15, 0.2) is 60.9 Å². The number of rotatable bonds is 5. The largest absolute Gasteiger partial charge is 0.291 e. The number of nitrogens with one attached hydrogen (secondary N) is 1. The number of carbonyl (C=O) groups is 1. The molecule has 0 aliphatic carbocycles. The molecule has 0 bridgehead atoms. The van der Waals surface area contributed by atoms with Gasteiger partial charge in [-0.05, 0) is 43.0 Å². The average molecular weight is 440 g/mol. The summed E-state index contributed by atoms with van der Waals surface area (Å²) in [5.41, 5.74) is 2.12. The van der Waals surface area contributed by atoms with E-state index in [4.69, 9.17) is 0 Å².